The Bertz CT molecular complexity index is 1120. The number of aryl methyl sites for hydroxylation is 1. The molecule has 0 spiro atoms. The molecule has 4 rings (SSSR count). The smallest absolute Gasteiger partial charge is 0.437 e. The average molecular weight is 513 g/mol. The van der Waals surface area contributed by atoms with Crippen LogP contribution < -0.4 is 16.4 Å². The molecular weight excluding hydrogens is 479 g/mol. The number of hydrogen-bond acceptors (Lipinski definition) is 6. The summed E-state index contributed by atoms with van der Waals surface area (Å²) in [5.74, 6) is -0.835. The molecule has 2 aromatic rings. The summed E-state index contributed by atoms with van der Waals surface area (Å²) in [5.41, 5.74) is 12.5. The van der Waals surface area contributed by atoms with E-state index in [0.717, 1.165) is 31.4 Å². The molecule has 0 atom stereocenters. The summed E-state index contributed by atoms with van der Waals surface area (Å²) in [4.78, 5) is 35.5. The first-order valence-electron chi connectivity index (χ1n) is 12.5. The van der Waals surface area contributed by atoms with Crippen LogP contribution in [0.1, 0.15) is 47.3 Å². The second-order valence-corrected chi connectivity index (χ2v) is 9.34. The van der Waals surface area contributed by atoms with Gasteiger partial charge >= 0.3 is 6.09 Å². The molecule has 11 heteroatoms. The molecule has 10 nitrogen and oxygen atoms in total. The number of piperidine rings is 2. The Kier molecular flexibility index (Phi) is 8.54. The van der Waals surface area contributed by atoms with Crippen molar-refractivity contribution in [3.63, 3.8) is 0 Å². The quantitative estimate of drug-likeness (QED) is 0.445. The zero-order valence-electron chi connectivity index (χ0n) is 20.9. The van der Waals surface area contributed by atoms with Gasteiger partial charge in [0.1, 0.15) is 6.61 Å². The standard InChI is InChI=1S/C26H33FN6O4/c1-17-5-6-18(15-30-17)24(34)33-13-9-21(10-14-33)37-20-7-11-32(12-8-20)22-4-2-3-19(23(22)27)16-36-26(35)31-25(28)29/h2-6,15,20-21H,7-14,16H2,1H3,(H4,28,29,31,35). The number of carbonyl (C=O) groups is 2. The van der Waals surface area contributed by atoms with Gasteiger partial charge in [0.25, 0.3) is 5.91 Å². The fourth-order valence-electron chi connectivity index (χ4n) is 4.68. The van der Waals surface area contributed by atoms with Crippen molar-refractivity contribution in [1.29, 1.82) is 0 Å². The van der Waals surface area contributed by atoms with Crippen molar-refractivity contribution in [3.05, 3.63) is 59.2 Å². The molecule has 0 bridgehead atoms. The summed E-state index contributed by atoms with van der Waals surface area (Å²) in [5, 5.41) is 0. The van der Waals surface area contributed by atoms with Crippen molar-refractivity contribution >= 4 is 23.6 Å². The monoisotopic (exact) mass is 512 g/mol. The van der Waals surface area contributed by atoms with Gasteiger partial charge in [0.05, 0.1) is 23.5 Å². The van der Waals surface area contributed by atoms with Crippen LogP contribution in [-0.2, 0) is 16.1 Å². The Hall–Kier alpha value is -3.73. The second-order valence-electron chi connectivity index (χ2n) is 9.34. The first-order valence-corrected chi connectivity index (χ1v) is 12.5. The van der Waals surface area contributed by atoms with Crippen molar-refractivity contribution in [3.8, 4) is 0 Å². The Morgan fingerprint density at radius 3 is 2.35 bits per heavy atom. The third kappa shape index (κ3) is 6.94. The lowest BCUT2D eigenvalue weighted by molar-refractivity contribution is -0.0478. The van der Waals surface area contributed by atoms with Crippen molar-refractivity contribution < 1.29 is 23.5 Å². The van der Waals surface area contributed by atoms with Crippen molar-refractivity contribution in [2.75, 3.05) is 31.1 Å². The molecule has 3 heterocycles. The molecule has 0 radical (unpaired) electrons. The van der Waals surface area contributed by atoms with Gasteiger partial charge < -0.3 is 30.7 Å². The highest BCUT2D eigenvalue weighted by Gasteiger charge is 2.29. The minimum Gasteiger partial charge on any atom is -0.443 e. The maximum Gasteiger partial charge on any atom is 0.437 e. The number of amides is 2. The van der Waals surface area contributed by atoms with E-state index in [9.17, 15) is 9.59 Å². The van der Waals surface area contributed by atoms with Gasteiger partial charge in [-0.15, -0.1) is 4.99 Å². The second kappa shape index (κ2) is 12.0. The van der Waals surface area contributed by atoms with Gasteiger partial charge in [-0.3, -0.25) is 9.78 Å². The number of pyridine rings is 1. The third-order valence-electron chi connectivity index (χ3n) is 6.68. The topological polar surface area (TPSA) is 136 Å². The van der Waals surface area contributed by atoms with Crippen LogP contribution in [0.15, 0.2) is 41.5 Å². The van der Waals surface area contributed by atoms with E-state index in [2.05, 4.69) is 9.98 Å². The van der Waals surface area contributed by atoms with Gasteiger partial charge in [-0.1, -0.05) is 12.1 Å². The number of anilines is 1. The number of likely N-dealkylation sites (tertiary alicyclic amines) is 1. The lowest BCUT2D eigenvalue weighted by atomic mass is 10.0. The van der Waals surface area contributed by atoms with E-state index in [4.69, 9.17) is 20.9 Å². The normalized spacial score (nSPS) is 16.9. The molecule has 0 aliphatic carbocycles. The van der Waals surface area contributed by atoms with Gasteiger partial charge in [-0.2, -0.15) is 0 Å². The summed E-state index contributed by atoms with van der Waals surface area (Å²) >= 11 is 0. The van der Waals surface area contributed by atoms with Crippen LogP contribution in [0.25, 0.3) is 0 Å². The molecule has 2 fully saturated rings. The van der Waals surface area contributed by atoms with E-state index in [1.165, 1.54) is 0 Å². The Morgan fingerprint density at radius 1 is 1.05 bits per heavy atom. The van der Waals surface area contributed by atoms with Crippen molar-refractivity contribution in [2.24, 2.45) is 16.5 Å². The lowest BCUT2D eigenvalue weighted by Crippen LogP contribution is -2.44. The number of nitrogens with zero attached hydrogens (tertiary/aromatic N) is 4. The number of carbonyl (C=O) groups excluding carboxylic acids is 2. The molecular formula is C26H33FN6O4. The Labute approximate surface area is 215 Å². The van der Waals surface area contributed by atoms with E-state index in [1.807, 2.05) is 28.9 Å². The summed E-state index contributed by atoms with van der Waals surface area (Å²) < 4.78 is 26.4. The largest absolute Gasteiger partial charge is 0.443 e. The van der Waals surface area contributed by atoms with Gasteiger partial charge in [0.2, 0.25) is 0 Å². The predicted molar refractivity (Wildman–Crippen MR) is 137 cm³/mol. The molecule has 37 heavy (non-hydrogen) atoms. The fourth-order valence-corrected chi connectivity index (χ4v) is 4.68. The van der Waals surface area contributed by atoms with Crippen LogP contribution in [-0.4, -0.2) is 66.2 Å². The molecule has 0 unspecified atom stereocenters. The first kappa shape index (κ1) is 26.3. The number of aliphatic imine (C=N–C) groups is 1. The van der Waals surface area contributed by atoms with Gasteiger partial charge in [0, 0.05) is 43.6 Å². The molecule has 0 saturated carbocycles. The highest BCUT2D eigenvalue weighted by atomic mass is 19.1. The molecule has 198 valence electrons. The summed E-state index contributed by atoms with van der Waals surface area (Å²) in [6.45, 7) is 4.24. The van der Waals surface area contributed by atoms with Gasteiger partial charge in [-0.05, 0) is 50.8 Å². The molecule has 2 aliphatic heterocycles. The number of ether oxygens (including phenoxy) is 2. The van der Waals surface area contributed by atoms with Crippen molar-refractivity contribution in [2.45, 2.75) is 51.4 Å². The number of guanidine groups is 1. The van der Waals surface area contributed by atoms with Crippen molar-refractivity contribution in [1.82, 2.24) is 9.88 Å². The van der Waals surface area contributed by atoms with Crippen LogP contribution in [0.4, 0.5) is 14.9 Å². The maximum atomic E-state index is 15.1. The summed E-state index contributed by atoms with van der Waals surface area (Å²) in [7, 11) is 0. The van der Waals surface area contributed by atoms with Crippen LogP contribution in [0, 0.1) is 12.7 Å². The highest BCUT2D eigenvalue weighted by Crippen LogP contribution is 2.28. The molecule has 1 aromatic heterocycles. The SMILES string of the molecule is Cc1ccc(C(=O)N2CCC(OC3CCN(c4cccc(COC(=O)N=C(N)N)c4F)CC3)CC2)cn1. The molecule has 2 aliphatic rings. The highest BCUT2D eigenvalue weighted by molar-refractivity contribution is 5.94. The van der Waals surface area contributed by atoms with Gasteiger partial charge in [0.15, 0.2) is 11.8 Å². The molecule has 1 aromatic carbocycles. The number of rotatable bonds is 6. The number of halogens is 1. The third-order valence-corrected chi connectivity index (χ3v) is 6.68. The maximum absolute atomic E-state index is 15.1. The van der Waals surface area contributed by atoms with Crippen LogP contribution in [0.3, 0.4) is 0 Å². The fraction of sp³-hybridized carbons (Fsp3) is 0.462. The number of nitrogens with two attached hydrogens (primary N) is 2. The zero-order chi connectivity index (χ0) is 26.4. The molecule has 4 N–H and O–H groups in total. The van der Waals surface area contributed by atoms with Crippen LogP contribution >= 0.6 is 0 Å². The zero-order valence-corrected chi connectivity index (χ0v) is 20.9. The van der Waals surface area contributed by atoms with Gasteiger partial charge in [-0.25, -0.2) is 9.18 Å². The van der Waals surface area contributed by atoms with E-state index in [0.29, 0.717) is 37.4 Å². The Morgan fingerprint density at radius 2 is 1.73 bits per heavy atom. The van der Waals surface area contributed by atoms with E-state index < -0.39 is 17.9 Å². The van der Waals surface area contributed by atoms with Crippen LogP contribution in [0.2, 0.25) is 0 Å². The van der Waals surface area contributed by atoms with E-state index in [-0.39, 0.29) is 30.3 Å². The predicted octanol–water partition coefficient (Wildman–Crippen LogP) is 2.73. The van der Waals surface area contributed by atoms with E-state index in [1.54, 1.807) is 24.4 Å². The Balaban J connectivity index is 1.23. The molecule has 2 amide bonds. The minimum absolute atomic E-state index is 0.00881. The van der Waals surface area contributed by atoms with E-state index >= 15 is 4.39 Å². The van der Waals surface area contributed by atoms with Crippen LogP contribution in [0.5, 0.6) is 0 Å². The average Bonchev–Trinajstić information content (AvgIpc) is 2.89. The summed E-state index contributed by atoms with van der Waals surface area (Å²) in [6.07, 6.45) is 4.00. The number of aromatic nitrogens is 1. The number of benzene rings is 1. The summed E-state index contributed by atoms with van der Waals surface area (Å²) in [6, 6.07) is 8.67. The molecule has 2 saturated heterocycles. The first-order chi connectivity index (χ1) is 17.8. The number of hydrogen-bond donors (Lipinski definition) is 2. The lowest BCUT2D eigenvalue weighted by Gasteiger charge is -2.38. The minimum atomic E-state index is -0.967.